The number of benzene rings is 2. The number of carbonyl (C=O) groups excluding carboxylic acids is 3. The van der Waals surface area contributed by atoms with Crippen molar-refractivity contribution in [2.75, 3.05) is 6.61 Å². The number of phosphoric ester groups is 1. The summed E-state index contributed by atoms with van der Waals surface area (Å²) in [4.78, 5) is 54.9. The summed E-state index contributed by atoms with van der Waals surface area (Å²) >= 11 is 0. The lowest BCUT2D eigenvalue weighted by Crippen LogP contribution is -2.48. The van der Waals surface area contributed by atoms with Crippen molar-refractivity contribution >= 4 is 25.5 Å². The number of carbonyl (C=O) groups is 3. The van der Waals surface area contributed by atoms with Crippen LogP contribution >= 0.6 is 7.82 Å². The molecule has 1 saturated carbocycles. The van der Waals surface area contributed by atoms with Gasteiger partial charge in [-0.15, -0.1) is 0 Å². The Morgan fingerprint density at radius 1 is 1.05 bits per heavy atom. The van der Waals surface area contributed by atoms with Crippen LogP contribution in [0, 0.1) is 5.92 Å². The van der Waals surface area contributed by atoms with Crippen LogP contribution in [0.5, 0.6) is 11.5 Å². The second-order valence-electron chi connectivity index (χ2n) is 9.85. The van der Waals surface area contributed by atoms with E-state index in [1.807, 2.05) is 0 Å². The highest BCUT2D eigenvalue weighted by Gasteiger charge is 2.24. The number of nitrogens with one attached hydrogen (secondary N) is 2. The van der Waals surface area contributed by atoms with E-state index in [0.29, 0.717) is 29.4 Å². The number of primary amides is 1. The smallest absolute Gasteiger partial charge is 0.492 e. The molecule has 0 saturated heterocycles. The third kappa shape index (κ3) is 9.69. The normalized spacial score (nSPS) is 15.6. The monoisotopic (exact) mass is 561 g/mol. The highest BCUT2D eigenvalue weighted by Crippen LogP contribution is 2.37. The zero-order valence-electron chi connectivity index (χ0n) is 22.1. The van der Waals surface area contributed by atoms with Gasteiger partial charge in [0.2, 0.25) is 11.8 Å². The lowest BCUT2D eigenvalue weighted by Gasteiger charge is -2.23. The summed E-state index contributed by atoms with van der Waals surface area (Å²) in [7, 11) is -4.69. The molecule has 1 unspecified atom stereocenters. The Kier molecular flexibility index (Phi) is 10.5. The Balaban J connectivity index is 1.68. The molecule has 1 aliphatic rings. The quantitative estimate of drug-likeness (QED) is 0.245. The molecule has 12 heteroatoms. The SMILES string of the molecule is CC(=O)N[C@@H](Cc1ccc(OP(=O)(O)O)cc1)C(=O)NC(C)c1ccc(OCC2CCCCC2)c(C(N)=O)c1. The van der Waals surface area contributed by atoms with Gasteiger partial charge in [-0.1, -0.05) is 37.5 Å². The van der Waals surface area contributed by atoms with E-state index in [2.05, 4.69) is 15.2 Å². The molecule has 0 bridgehead atoms. The van der Waals surface area contributed by atoms with Gasteiger partial charge in [-0.05, 0) is 61.1 Å². The Morgan fingerprint density at radius 3 is 2.31 bits per heavy atom. The van der Waals surface area contributed by atoms with Crippen molar-refractivity contribution in [1.82, 2.24) is 10.6 Å². The van der Waals surface area contributed by atoms with Crippen LogP contribution in [0.1, 0.15) is 73.5 Å². The Morgan fingerprint density at radius 2 is 1.72 bits per heavy atom. The highest BCUT2D eigenvalue weighted by molar-refractivity contribution is 7.46. The van der Waals surface area contributed by atoms with E-state index < -0.39 is 37.6 Å². The minimum absolute atomic E-state index is 0.0299. The molecule has 1 aliphatic carbocycles. The molecule has 3 rings (SSSR count). The second-order valence-corrected chi connectivity index (χ2v) is 11.0. The summed E-state index contributed by atoms with van der Waals surface area (Å²) < 4.78 is 21.5. The number of amides is 3. The molecular weight excluding hydrogens is 525 g/mol. The fourth-order valence-corrected chi connectivity index (χ4v) is 5.00. The molecule has 0 radical (unpaired) electrons. The molecular formula is C27H36N3O8P. The molecule has 2 aromatic rings. The lowest BCUT2D eigenvalue weighted by atomic mass is 9.90. The van der Waals surface area contributed by atoms with Crippen LogP contribution in [0.2, 0.25) is 0 Å². The molecule has 3 amide bonds. The van der Waals surface area contributed by atoms with Crippen LogP contribution < -0.4 is 25.6 Å². The molecule has 2 atom stereocenters. The molecule has 0 aliphatic heterocycles. The number of ether oxygens (including phenoxy) is 1. The van der Waals surface area contributed by atoms with Gasteiger partial charge in [-0.3, -0.25) is 24.2 Å². The first-order chi connectivity index (χ1) is 18.4. The van der Waals surface area contributed by atoms with E-state index in [4.69, 9.17) is 20.3 Å². The maximum Gasteiger partial charge on any atom is 0.524 e. The topological polar surface area (TPSA) is 177 Å². The standard InChI is InChI=1S/C27H36N3O8P/c1-17(21-10-13-25(23(15-21)26(28)32)37-16-20-6-4-3-5-7-20)29-27(33)24(30-18(2)31)14-19-8-11-22(12-9-19)38-39(34,35)36/h8-13,15,17,20,24H,3-7,14,16H2,1-2H3,(H2,28,32)(H,29,33)(H,30,31)(H2,34,35,36)/t17?,24-/m0/s1. The first-order valence-electron chi connectivity index (χ1n) is 12.9. The van der Waals surface area contributed by atoms with Crippen molar-refractivity contribution in [3.63, 3.8) is 0 Å². The predicted molar refractivity (Wildman–Crippen MR) is 144 cm³/mol. The van der Waals surface area contributed by atoms with E-state index in [0.717, 1.165) is 12.8 Å². The van der Waals surface area contributed by atoms with Crippen LogP contribution in [-0.2, 0) is 20.6 Å². The van der Waals surface area contributed by atoms with Crippen molar-refractivity contribution in [2.45, 2.75) is 64.5 Å². The van der Waals surface area contributed by atoms with Gasteiger partial charge >= 0.3 is 7.82 Å². The van der Waals surface area contributed by atoms with Gasteiger partial charge in [-0.2, -0.15) is 0 Å². The summed E-state index contributed by atoms with van der Waals surface area (Å²) in [5.41, 5.74) is 7.13. The minimum Gasteiger partial charge on any atom is -0.492 e. The van der Waals surface area contributed by atoms with Crippen molar-refractivity contribution < 1.29 is 38.0 Å². The summed E-state index contributed by atoms with van der Waals surface area (Å²) in [6.45, 7) is 3.57. The van der Waals surface area contributed by atoms with Crippen molar-refractivity contribution in [2.24, 2.45) is 11.7 Å². The molecule has 1 fully saturated rings. The van der Waals surface area contributed by atoms with Gasteiger partial charge in [0, 0.05) is 13.3 Å². The molecule has 2 aromatic carbocycles. The van der Waals surface area contributed by atoms with Gasteiger partial charge in [0.1, 0.15) is 17.5 Å². The number of hydrogen-bond donors (Lipinski definition) is 5. The molecule has 6 N–H and O–H groups in total. The third-order valence-electron chi connectivity index (χ3n) is 6.61. The highest BCUT2D eigenvalue weighted by atomic mass is 31.2. The van der Waals surface area contributed by atoms with Crippen LogP contribution in [0.3, 0.4) is 0 Å². The fraction of sp³-hybridized carbons (Fsp3) is 0.444. The van der Waals surface area contributed by atoms with Crippen molar-refractivity contribution in [3.05, 3.63) is 59.2 Å². The largest absolute Gasteiger partial charge is 0.524 e. The number of nitrogens with two attached hydrogens (primary N) is 1. The van der Waals surface area contributed by atoms with Gasteiger partial charge in [0.05, 0.1) is 18.2 Å². The van der Waals surface area contributed by atoms with Crippen molar-refractivity contribution in [3.8, 4) is 11.5 Å². The number of phosphoric acid groups is 1. The third-order valence-corrected chi connectivity index (χ3v) is 7.06. The van der Waals surface area contributed by atoms with Crippen LogP contribution in [0.15, 0.2) is 42.5 Å². The van der Waals surface area contributed by atoms with Crippen LogP contribution in [0.4, 0.5) is 0 Å². The van der Waals surface area contributed by atoms with Crippen LogP contribution in [0.25, 0.3) is 0 Å². The van der Waals surface area contributed by atoms with E-state index in [9.17, 15) is 18.9 Å². The van der Waals surface area contributed by atoms with Crippen molar-refractivity contribution in [1.29, 1.82) is 0 Å². The molecule has 11 nitrogen and oxygen atoms in total. The molecule has 0 heterocycles. The average molecular weight is 562 g/mol. The molecule has 212 valence electrons. The summed E-state index contributed by atoms with van der Waals surface area (Å²) in [6.07, 6.45) is 5.94. The molecule has 0 aromatic heterocycles. The first kappa shape index (κ1) is 30.1. The molecule has 39 heavy (non-hydrogen) atoms. The van der Waals surface area contributed by atoms with Gasteiger partial charge in [0.15, 0.2) is 0 Å². The van der Waals surface area contributed by atoms with Gasteiger partial charge < -0.3 is 25.6 Å². The van der Waals surface area contributed by atoms with Crippen LogP contribution in [-0.4, -0.2) is 40.2 Å². The maximum atomic E-state index is 13.1. The fourth-order valence-electron chi connectivity index (χ4n) is 4.61. The zero-order chi connectivity index (χ0) is 28.6. The van der Waals surface area contributed by atoms with E-state index in [1.165, 1.54) is 38.3 Å². The Labute approximate surface area is 227 Å². The average Bonchev–Trinajstić information content (AvgIpc) is 2.87. The summed E-state index contributed by atoms with van der Waals surface area (Å²) in [6, 6.07) is 9.44. The number of hydrogen-bond acceptors (Lipinski definition) is 6. The minimum atomic E-state index is -4.69. The first-order valence-corrected chi connectivity index (χ1v) is 14.4. The second kappa shape index (κ2) is 13.6. The van der Waals surface area contributed by atoms with E-state index in [-0.39, 0.29) is 17.7 Å². The lowest BCUT2D eigenvalue weighted by molar-refractivity contribution is -0.128. The maximum absolute atomic E-state index is 13.1. The van der Waals surface area contributed by atoms with Gasteiger partial charge in [-0.25, -0.2) is 4.57 Å². The zero-order valence-corrected chi connectivity index (χ0v) is 23.0. The van der Waals surface area contributed by atoms with E-state index >= 15 is 0 Å². The summed E-state index contributed by atoms with van der Waals surface area (Å²) in [5.74, 6) is -0.643. The Hall–Kier alpha value is -3.40. The predicted octanol–water partition coefficient (Wildman–Crippen LogP) is 3.14. The summed E-state index contributed by atoms with van der Waals surface area (Å²) in [5, 5.41) is 5.48. The van der Waals surface area contributed by atoms with Gasteiger partial charge in [0.25, 0.3) is 5.91 Å². The molecule has 0 spiro atoms. The number of rotatable bonds is 12. The van der Waals surface area contributed by atoms with E-state index in [1.54, 1.807) is 37.3 Å². The Bertz CT molecular complexity index is 1210.